The minimum absolute atomic E-state index is 0.0409. The Kier molecular flexibility index (Phi) is 8.58. The van der Waals surface area contributed by atoms with Crippen molar-refractivity contribution < 1.29 is 23.9 Å². The summed E-state index contributed by atoms with van der Waals surface area (Å²) in [4.78, 5) is 55.9. The van der Waals surface area contributed by atoms with Gasteiger partial charge in [-0.3, -0.25) is 14.5 Å². The lowest BCUT2D eigenvalue weighted by Gasteiger charge is -2.27. The molecule has 11 heteroatoms. The molecule has 1 aliphatic heterocycles. The van der Waals surface area contributed by atoms with E-state index in [-0.39, 0.29) is 35.8 Å². The maximum atomic E-state index is 12.8. The fourth-order valence-electron chi connectivity index (χ4n) is 3.81. The summed E-state index contributed by atoms with van der Waals surface area (Å²) in [5, 5.41) is 3.08. The number of halogens is 1. The molecule has 2 aromatic heterocycles. The molecule has 192 valence electrons. The second kappa shape index (κ2) is 11.4. The van der Waals surface area contributed by atoms with Crippen LogP contribution in [0.3, 0.4) is 0 Å². The van der Waals surface area contributed by atoms with Crippen molar-refractivity contribution in [3.8, 4) is 12.3 Å². The number of esters is 1. The number of ether oxygens (including phenoxy) is 2. The molecular formula is C25H29ClN4O6. The van der Waals surface area contributed by atoms with Crippen LogP contribution in [0, 0.1) is 12.3 Å². The van der Waals surface area contributed by atoms with Crippen molar-refractivity contribution >= 4 is 40.6 Å². The second-order valence-corrected chi connectivity index (χ2v) is 9.71. The number of rotatable bonds is 7. The maximum absolute atomic E-state index is 12.8. The summed E-state index contributed by atoms with van der Waals surface area (Å²) in [6.07, 6.45) is 7.72. The summed E-state index contributed by atoms with van der Waals surface area (Å²) in [6, 6.07) is 2.28. The highest BCUT2D eigenvalue weighted by Gasteiger charge is 2.37. The van der Waals surface area contributed by atoms with Gasteiger partial charge in [0.1, 0.15) is 28.0 Å². The molecule has 3 heterocycles. The van der Waals surface area contributed by atoms with Gasteiger partial charge in [0.05, 0.1) is 18.5 Å². The van der Waals surface area contributed by atoms with E-state index in [1.165, 1.54) is 27.8 Å². The van der Waals surface area contributed by atoms with Crippen molar-refractivity contribution in [1.29, 1.82) is 0 Å². The Morgan fingerprint density at radius 3 is 2.75 bits per heavy atom. The van der Waals surface area contributed by atoms with E-state index < -0.39 is 35.0 Å². The average Bonchev–Trinajstić information content (AvgIpc) is 3.30. The molecule has 0 bridgehead atoms. The van der Waals surface area contributed by atoms with Crippen LogP contribution in [0.2, 0.25) is 5.15 Å². The third-order valence-corrected chi connectivity index (χ3v) is 5.61. The van der Waals surface area contributed by atoms with Gasteiger partial charge >= 0.3 is 12.1 Å². The van der Waals surface area contributed by atoms with Gasteiger partial charge in [-0.15, -0.1) is 6.42 Å². The van der Waals surface area contributed by atoms with Crippen LogP contribution in [0.15, 0.2) is 23.1 Å². The van der Waals surface area contributed by atoms with Gasteiger partial charge in [0.25, 0.3) is 5.91 Å². The zero-order valence-corrected chi connectivity index (χ0v) is 21.3. The molecule has 0 spiro atoms. The number of fused-ring (bicyclic) bond motifs is 1. The average molecular weight is 517 g/mol. The number of terminal acetylenes is 1. The van der Waals surface area contributed by atoms with E-state index in [0.717, 1.165) is 0 Å². The number of carbonyl (C=O) groups is 3. The molecule has 0 unspecified atom stereocenters. The third-order valence-electron chi connectivity index (χ3n) is 5.40. The number of aromatic nitrogens is 2. The molecule has 0 aliphatic carbocycles. The van der Waals surface area contributed by atoms with Crippen LogP contribution in [0.1, 0.15) is 50.4 Å². The van der Waals surface area contributed by atoms with E-state index in [4.69, 9.17) is 27.5 Å². The van der Waals surface area contributed by atoms with Gasteiger partial charge in [-0.2, -0.15) is 0 Å². The minimum Gasteiger partial charge on any atom is -0.464 e. The van der Waals surface area contributed by atoms with Crippen LogP contribution in [-0.2, 0) is 20.8 Å². The van der Waals surface area contributed by atoms with Gasteiger partial charge in [-0.25, -0.2) is 14.6 Å². The monoisotopic (exact) mass is 516 g/mol. The Morgan fingerprint density at radius 1 is 1.31 bits per heavy atom. The molecule has 0 radical (unpaired) electrons. The van der Waals surface area contributed by atoms with Crippen molar-refractivity contribution in [3.05, 3.63) is 39.3 Å². The first-order valence-electron chi connectivity index (χ1n) is 11.6. The largest absolute Gasteiger partial charge is 0.464 e. The van der Waals surface area contributed by atoms with Crippen LogP contribution < -0.4 is 10.7 Å². The van der Waals surface area contributed by atoms with Crippen molar-refractivity contribution in [1.82, 2.24) is 19.8 Å². The molecule has 2 aromatic rings. The number of carbonyl (C=O) groups excluding carboxylic acids is 3. The molecule has 36 heavy (non-hydrogen) atoms. The van der Waals surface area contributed by atoms with Crippen LogP contribution in [-0.4, -0.2) is 63.8 Å². The molecule has 10 nitrogen and oxygen atoms in total. The van der Waals surface area contributed by atoms with Crippen molar-refractivity contribution in [2.75, 3.05) is 19.7 Å². The molecule has 1 atom stereocenters. The summed E-state index contributed by atoms with van der Waals surface area (Å²) in [7, 11) is 0. The number of hydrogen-bond donors (Lipinski definition) is 1. The molecule has 1 N–H and O–H groups in total. The highest BCUT2D eigenvalue weighted by molar-refractivity contribution is 6.29. The fourth-order valence-corrected chi connectivity index (χ4v) is 3.95. The van der Waals surface area contributed by atoms with Crippen LogP contribution in [0.4, 0.5) is 4.79 Å². The normalized spacial score (nSPS) is 15.4. The molecule has 3 rings (SSSR count). The topological polar surface area (TPSA) is 120 Å². The number of nitrogens with zero attached hydrogens (tertiary/aromatic N) is 3. The Hall–Kier alpha value is -3.58. The number of hydrogen-bond acceptors (Lipinski definition) is 7. The Bertz CT molecular complexity index is 1260. The number of nitrogens with one attached hydrogen (secondary N) is 1. The first-order chi connectivity index (χ1) is 17.0. The molecule has 0 aromatic carbocycles. The smallest absolute Gasteiger partial charge is 0.411 e. The van der Waals surface area contributed by atoms with Gasteiger partial charge in [-0.05, 0) is 52.2 Å². The third kappa shape index (κ3) is 6.55. The summed E-state index contributed by atoms with van der Waals surface area (Å²) < 4.78 is 12.2. The number of pyridine rings is 2. The SMILES string of the molecule is C#CCn1cc(C(=O)NCCCOC(=O)[C@H]2CCCN2C(=O)OC(C)(C)C)c(=O)c2ccc(Cl)nc21. The van der Waals surface area contributed by atoms with Crippen molar-refractivity contribution in [2.24, 2.45) is 0 Å². The lowest BCUT2D eigenvalue weighted by atomic mass is 10.1. The maximum Gasteiger partial charge on any atom is 0.411 e. The van der Waals surface area contributed by atoms with E-state index in [1.54, 1.807) is 20.8 Å². The summed E-state index contributed by atoms with van der Waals surface area (Å²) in [6.45, 7) is 6.01. The summed E-state index contributed by atoms with van der Waals surface area (Å²) in [5.74, 6) is 1.37. The van der Waals surface area contributed by atoms with Crippen LogP contribution in [0.25, 0.3) is 11.0 Å². The Morgan fingerprint density at radius 2 is 2.06 bits per heavy atom. The summed E-state index contributed by atoms with van der Waals surface area (Å²) in [5.41, 5.74) is -0.945. The van der Waals surface area contributed by atoms with E-state index in [0.29, 0.717) is 31.5 Å². The molecule has 1 aliphatic rings. The predicted molar refractivity (Wildman–Crippen MR) is 134 cm³/mol. The number of amides is 2. The van der Waals surface area contributed by atoms with E-state index in [1.807, 2.05) is 0 Å². The molecule has 2 amide bonds. The van der Waals surface area contributed by atoms with Crippen molar-refractivity contribution in [2.45, 2.75) is 58.2 Å². The minimum atomic E-state index is -0.691. The molecular weight excluding hydrogens is 488 g/mol. The highest BCUT2D eigenvalue weighted by atomic mass is 35.5. The van der Waals surface area contributed by atoms with E-state index in [2.05, 4.69) is 16.2 Å². The van der Waals surface area contributed by atoms with Crippen molar-refractivity contribution in [3.63, 3.8) is 0 Å². The molecule has 0 saturated carbocycles. The number of likely N-dealkylation sites (tertiary alicyclic amines) is 1. The van der Waals surface area contributed by atoms with Gasteiger partial charge in [0.15, 0.2) is 0 Å². The van der Waals surface area contributed by atoms with Crippen LogP contribution >= 0.6 is 11.6 Å². The lowest BCUT2D eigenvalue weighted by molar-refractivity contribution is -0.148. The summed E-state index contributed by atoms with van der Waals surface area (Å²) >= 11 is 5.94. The first-order valence-corrected chi connectivity index (χ1v) is 12.0. The quantitative estimate of drug-likeness (QED) is 0.260. The Labute approximate surface area is 213 Å². The van der Waals surface area contributed by atoms with Crippen LogP contribution in [0.5, 0.6) is 0 Å². The van der Waals surface area contributed by atoms with Gasteiger partial charge in [-0.1, -0.05) is 17.5 Å². The van der Waals surface area contributed by atoms with Gasteiger partial charge < -0.3 is 19.4 Å². The van der Waals surface area contributed by atoms with Gasteiger partial charge in [0, 0.05) is 19.3 Å². The second-order valence-electron chi connectivity index (χ2n) is 9.32. The first kappa shape index (κ1) is 27.0. The van der Waals surface area contributed by atoms with Gasteiger partial charge in [0.2, 0.25) is 5.43 Å². The van der Waals surface area contributed by atoms with E-state index >= 15 is 0 Å². The van der Waals surface area contributed by atoms with E-state index in [9.17, 15) is 19.2 Å². The standard InChI is InChI=1S/C25H29ClN4O6/c1-5-12-29-15-17(20(31)16-9-10-19(26)28-21(16)29)22(32)27-11-7-14-35-23(33)18-8-6-13-30(18)24(34)36-25(2,3)4/h1,9-10,15,18H,6-8,11-14H2,2-4H3,(H,27,32)/t18-/m1/s1. The lowest BCUT2D eigenvalue weighted by Crippen LogP contribution is -2.44. The Balaban J connectivity index is 1.54. The molecule has 1 saturated heterocycles. The fraction of sp³-hybridized carbons (Fsp3) is 0.480. The zero-order valence-electron chi connectivity index (χ0n) is 20.5. The predicted octanol–water partition coefficient (Wildman–Crippen LogP) is 2.75. The molecule has 1 fully saturated rings. The highest BCUT2D eigenvalue weighted by Crippen LogP contribution is 2.22. The zero-order chi connectivity index (χ0) is 26.5.